The SMILES string of the molecule is O=C(CN1CCOCC1)N1CCC(c2cc(NCc3ccc(Cl)s3)n(C(=O)c3cscn3)n2)C1. The molecule has 5 rings (SSSR count). The molecule has 2 aliphatic rings. The Morgan fingerprint density at radius 1 is 1.24 bits per heavy atom. The second-order valence-electron chi connectivity index (χ2n) is 8.32. The van der Waals surface area contributed by atoms with Gasteiger partial charge in [0, 0.05) is 48.4 Å². The number of likely N-dealkylation sites (tertiary alicyclic amines) is 1. The third-order valence-corrected chi connectivity index (χ3v) is 7.88. The molecule has 3 aromatic heterocycles. The second-order valence-corrected chi connectivity index (χ2v) is 10.8. The Kier molecular flexibility index (Phi) is 7.26. The third kappa shape index (κ3) is 5.33. The summed E-state index contributed by atoms with van der Waals surface area (Å²) in [4.78, 5) is 35.1. The molecule has 3 aromatic rings. The average Bonchev–Trinajstić information content (AvgIpc) is 3.65. The second kappa shape index (κ2) is 10.5. The fraction of sp³-hybridized carbons (Fsp3) is 0.455. The number of morpholine rings is 1. The van der Waals surface area contributed by atoms with Crippen molar-refractivity contribution in [2.24, 2.45) is 0 Å². The molecule has 5 heterocycles. The van der Waals surface area contributed by atoms with Gasteiger partial charge in [0.15, 0.2) is 0 Å². The molecule has 0 saturated carbocycles. The molecular formula is C22H25ClN6O3S2. The van der Waals surface area contributed by atoms with Crippen LogP contribution in [-0.4, -0.2) is 82.3 Å². The largest absolute Gasteiger partial charge is 0.379 e. The van der Waals surface area contributed by atoms with E-state index in [1.54, 1.807) is 10.9 Å². The van der Waals surface area contributed by atoms with Crippen molar-refractivity contribution in [3.63, 3.8) is 0 Å². The fourth-order valence-corrected chi connectivity index (χ4v) is 5.76. The molecule has 9 nitrogen and oxygen atoms in total. The summed E-state index contributed by atoms with van der Waals surface area (Å²) < 4.78 is 7.48. The van der Waals surface area contributed by atoms with Gasteiger partial charge in [0.1, 0.15) is 11.5 Å². The van der Waals surface area contributed by atoms with E-state index in [9.17, 15) is 9.59 Å². The summed E-state index contributed by atoms with van der Waals surface area (Å²) in [6.45, 7) is 5.17. The van der Waals surface area contributed by atoms with Crippen LogP contribution in [0.15, 0.2) is 29.1 Å². The highest BCUT2D eigenvalue weighted by Crippen LogP contribution is 2.29. The van der Waals surface area contributed by atoms with E-state index in [4.69, 9.17) is 16.3 Å². The first-order valence-corrected chi connectivity index (χ1v) is 13.3. The number of carbonyl (C=O) groups is 2. The van der Waals surface area contributed by atoms with Gasteiger partial charge >= 0.3 is 0 Å². The van der Waals surface area contributed by atoms with Gasteiger partial charge in [-0.3, -0.25) is 14.5 Å². The normalized spacial score (nSPS) is 19.0. The molecule has 34 heavy (non-hydrogen) atoms. The van der Waals surface area contributed by atoms with Gasteiger partial charge in [-0.2, -0.15) is 9.78 Å². The fourth-order valence-electron chi connectivity index (χ4n) is 4.21. The summed E-state index contributed by atoms with van der Waals surface area (Å²) in [7, 11) is 0. The predicted molar refractivity (Wildman–Crippen MR) is 132 cm³/mol. The number of anilines is 1. The Labute approximate surface area is 210 Å². The van der Waals surface area contributed by atoms with Crippen molar-refractivity contribution in [1.82, 2.24) is 24.6 Å². The van der Waals surface area contributed by atoms with Gasteiger partial charge < -0.3 is 15.0 Å². The lowest BCUT2D eigenvalue weighted by atomic mass is 10.1. The van der Waals surface area contributed by atoms with Gasteiger partial charge in [-0.25, -0.2) is 4.98 Å². The summed E-state index contributed by atoms with van der Waals surface area (Å²) in [5.41, 5.74) is 2.79. The Morgan fingerprint density at radius 3 is 2.82 bits per heavy atom. The molecule has 12 heteroatoms. The standard InChI is InChI=1S/C22H25ClN6O3S2/c23-19-2-1-16(34-19)10-24-20-9-17(26-29(20)22(31)18-13-33-14-25-18)15-3-4-28(11-15)21(30)12-27-5-7-32-8-6-27/h1-2,9,13-15,24H,3-8,10-12H2. The van der Waals surface area contributed by atoms with Gasteiger partial charge in [-0.15, -0.1) is 22.7 Å². The number of hydrogen-bond acceptors (Lipinski definition) is 9. The third-order valence-electron chi connectivity index (χ3n) is 6.07. The number of rotatable bonds is 7. The minimum absolute atomic E-state index is 0.0786. The Balaban J connectivity index is 1.30. The first-order chi connectivity index (χ1) is 16.6. The monoisotopic (exact) mass is 520 g/mol. The van der Waals surface area contributed by atoms with Gasteiger partial charge in [0.25, 0.3) is 5.91 Å². The van der Waals surface area contributed by atoms with Crippen LogP contribution in [0.3, 0.4) is 0 Å². The molecule has 2 aliphatic heterocycles. The summed E-state index contributed by atoms with van der Waals surface area (Å²) in [6.07, 6.45) is 0.816. The van der Waals surface area contributed by atoms with Crippen molar-refractivity contribution in [1.29, 1.82) is 0 Å². The molecule has 1 unspecified atom stereocenters. The summed E-state index contributed by atoms with van der Waals surface area (Å²) >= 11 is 8.91. The highest BCUT2D eigenvalue weighted by atomic mass is 35.5. The van der Waals surface area contributed by atoms with Crippen LogP contribution >= 0.6 is 34.3 Å². The number of thiophene rings is 1. The van der Waals surface area contributed by atoms with Crippen LogP contribution in [0.2, 0.25) is 4.34 Å². The number of hydrogen-bond donors (Lipinski definition) is 1. The molecule has 2 saturated heterocycles. The number of carbonyl (C=O) groups excluding carboxylic acids is 2. The molecule has 0 aliphatic carbocycles. The number of nitrogens with zero attached hydrogens (tertiary/aromatic N) is 5. The highest BCUT2D eigenvalue weighted by molar-refractivity contribution is 7.16. The smallest absolute Gasteiger partial charge is 0.299 e. The quantitative estimate of drug-likeness (QED) is 0.512. The number of ether oxygens (including phenoxy) is 1. The zero-order chi connectivity index (χ0) is 23.5. The summed E-state index contributed by atoms with van der Waals surface area (Å²) in [5, 5.41) is 9.70. The zero-order valence-electron chi connectivity index (χ0n) is 18.5. The van der Waals surface area contributed by atoms with Gasteiger partial charge in [0.05, 0.1) is 41.8 Å². The summed E-state index contributed by atoms with van der Waals surface area (Å²) in [6, 6.07) is 5.73. The molecule has 2 fully saturated rings. The maximum absolute atomic E-state index is 13.1. The number of aromatic nitrogens is 3. The van der Waals surface area contributed by atoms with E-state index in [0.29, 0.717) is 50.9 Å². The Morgan fingerprint density at radius 2 is 2.09 bits per heavy atom. The van der Waals surface area contributed by atoms with E-state index in [-0.39, 0.29) is 17.7 Å². The lowest BCUT2D eigenvalue weighted by molar-refractivity contribution is -0.132. The molecular weight excluding hydrogens is 496 g/mol. The lowest BCUT2D eigenvalue weighted by Crippen LogP contribution is -2.44. The van der Waals surface area contributed by atoms with Crippen molar-refractivity contribution < 1.29 is 14.3 Å². The van der Waals surface area contributed by atoms with E-state index in [0.717, 1.165) is 34.4 Å². The van der Waals surface area contributed by atoms with Gasteiger partial charge in [-0.1, -0.05) is 11.6 Å². The number of halogens is 1. The average molecular weight is 521 g/mol. The lowest BCUT2D eigenvalue weighted by Gasteiger charge is -2.28. The van der Waals surface area contributed by atoms with Crippen LogP contribution in [0.5, 0.6) is 0 Å². The van der Waals surface area contributed by atoms with E-state index in [1.807, 2.05) is 23.1 Å². The van der Waals surface area contributed by atoms with Crippen molar-refractivity contribution in [3.05, 3.63) is 49.7 Å². The summed E-state index contributed by atoms with van der Waals surface area (Å²) in [5.74, 6) is 0.540. The maximum atomic E-state index is 13.1. The van der Waals surface area contributed by atoms with E-state index < -0.39 is 0 Å². The van der Waals surface area contributed by atoms with Gasteiger partial charge in [-0.05, 0) is 18.6 Å². The Bertz CT molecular complexity index is 1140. The minimum Gasteiger partial charge on any atom is -0.379 e. The first kappa shape index (κ1) is 23.4. The van der Waals surface area contributed by atoms with E-state index >= 15 is 0 Å². The molecule has 1 amide bonds. The molecule has 1 atom stereocenters. The topological polar surface area (TPSA) is 92.6 Å². The van der Waals surface area contributed by atoms with Crippen LogP contribution in [0.4, 0.5) is 5.82 Å². The van der Waals surface area contributed by atoms with Crippen LogP contribution in [0.25, 0.3) is 0 Å². The minimum atomic E-state index is -0.280. The van der Waals surface area contributed by atoms with E-state index in [1.165, 1.54) is 27.4 Å². The highest BCUT2D eigenvalue weighted by Gasteiger charge is 2.31. The van der Waals surface area contributed by atoms with Crippen molar-refractivity contribution in [3.8, 4) is 0 Å². The first-order valence-electron chi connectivity index (χ1n) is 11.2. The predicted octanol–water partition coefficient (Wildman–Crippen LogP) is 3.00. The van der Waals surface area contributed by atoms with Crippen LogP contribution in [0.1, 0.15) is 33.4 Å². The van der Waals surface area contributed by atoms with Crippen LogP contribution in [0, 0.1) is 0 Å². The number of thiazole rings is 1. The zero-order valence-corrected chi connectivity index (χ0v) is 20.9. The molecule has 0 aromatic carbocycles. The van der Waals surface area contributed by atoms with Crippen LogP contribution in [-0.2, 0) is 16.1 Å². The van der Waals surface area contributed by atoms with Crippen LogP contribution < -0.4 is 5.32 Å². The number of nitrogens with one attached hydrogen (secondary N) is 1. The molecule has 0 bridgehead atoms. The van der Waals surface area contributed by atoms with E-state index in [2.05, 4.69) is 20.3 Å². The van der Waals surface area contributed by atoms with Crippen molar-refractivity contribution in [2.75, 3.05) is 51.3 Å². The molecule has 180 valence electrons. The molecule has 0 radical (unpaired) electrons. The number of amides is 1. The van der Waals surface area contributed by atoms with Crippen molar-refractivity contribution >= 4 is 51.9 Å². The maximum Gasteiger partial charge on any atom is 0.299 e. The van der Waals surface area contributed by atoms with Gasteiger partial charge in [0.2, 0.25) is 5.91 Å². The molecule has 0 spiro atoms. The Hall–Kier alpha value is -2.31. The van der Waals surface area contributed by atoms with Crippen molar-refractivity contribution in [2.45, 2.75) is 18.9 Å². The molecule has 1 N–H and O–H groups in total.